The number of hydrogen-bond acceptors (Lipinski definition) is 5. The SMILES string of the molecule is CCN(CC)S(=O)(=O)c1ccc(F)c(C(=O)Nc2cc(F)cc(S(N)(=O)=O)c2)c1. The number of carbonyl (C=O) groups excluding carboxylic acids is 1. The van der Waals surface area contributed by atoms with Gasteiger partial charge in [0.2, 0.25) is 20.0 Å². The highest BCUT2D eigenvalue weighted by Crippen LogP contribution is 2.22. The molecule has 0 fully saturated rings. The molecule has 0 spiro atoms. The molecule has 2 aromatic carbocycles. The van der Waals surface area contributed by atoms with Gasteiger partial charge in [-0.3, -0.25) is 4.79 Å². The van der Waals surface area contributed by atoms with E-state index in [2.05, 4.69) is 5.32 Å². The Morgan fingerprint density at radius 3 is 2.17 bits per heavy atom. The van der Waals surface area contributed by atoms with E-state index in [0.29, 0.717) is 6.07 Å². The molecule has 2 aromatic rings. The van der Waals surface area contributed by atoms with E-state index in [1.54, 1.807) is 13.8 Å². The molecule has 1 amide bonds. The third kappa shape index (κ3) is 5.15. The predicted molar refractivity (Wildman–Crippen MR) is 102 cm³/mol. The van der Waals surface area contributed by atoms with E-state index in [4.69, 9.17) is 5.14 Å². The van der Waals surface area contributed by atoms with Gasteiger partial charge in [0.25, 0.3) is 5.91 Å². The summed E-state index contributed by atoms with van der Waals surface area (Å²) < 4.78 is 76.9. The predicted octanol–water partition coefficient (Wildman–Crippen LogP) is 1.90. The van der Waals surface area contributed by atoms with Gasteiger partial charge in [-0.25, -0.2) is 30.8 Å². The Hall–Kier alpha value is -2.41. The van der Waals surface area contributed by atoms with Crippen molar-refractivity contribution in [3.63, 3.8) is 0 Å². The summed E-state index contributed by atoms with van der Waals surface area (Å²) in [5.41, 5.74) is -0.907. The number of hydrogen-bond donors (Lipinski definition) is 2. The van der Waals surface area contributed by atoms with Crippen molar-refractivity contribution in [2.24, 2.45) is 5.14 Å². The van der Waals surface area contributed by atoms with Gasteiger partial charge in [0.1, 0.15) is 11.6 Å². The van der Waals surface area contributed by atoms with Crippen molar-refractivity contribution in [2.45, 2.75) is 23.6 Å². The van der Waals surface area contributed by atoms with Crippen LogP contribution in [-0.4, -0.2) is 40.1 Å². The smallest absolute Gasteiger partial charge is 0.258 e. The minimum atomic E-state index is -4.25. The number of sulfonamides is 2. The summed E-state index contributed by atoms with van der Waals surface area (Å²) in [6.07, 6.45) is 0. The van der Waals surface area contributed by atoms with Crippen molar-refractivity contribution in [3.05, 3.63) is 53.6 Å². The summed E-state index contributed by atoms with van der Waals surface area (Å²) in [7, 11) is -8.20. The minimum Gasteiger partial charge on any atom is -0.322 e. The first-order chi connectivity index (χ1) is 13.4. The molecule has 8 nitrogen and oxygen atoms in total. The number of rotatable bonds is 7. The number of amides is 1. The normalized spacial score (nSPS) is 12.2. The van der Waals surface area contributed by atoms with Crippen LogP contribution in [0.25, 0.3) is 0 Å². The van der Waals surface area contributed by atoms with Crippen molar-refractivity contribution >= 4 is 31.6 Å². The zero-order chi connectivity index (χ0) is 22.0. The van der Waals surface area contributed by atoms with Crippen LogP contribution in [0.1, 0.15) is 24.2 Å². The molecule has 0 atom stereocenters. The number of nitrogens with zero attached hydrogens (tertiary/aromatic N) is 1. The minimum absolute atomic E-state index is 0.178. The number of halogens is 2. The number of benzene rings is 2. The molecule has 158 valence electrons. The van der Waals surface area contributed by atoms with Crippen LogP contribution in [0, 0.1) is 11.6 Å². The molecule has 0 aliphatic heterocycles. The van der Waals surface area contributed by atoms with Gasteiger partial charge in [-0.2, -0.15) is 4.31 Å². The molecule has 0 bridgehead atoms. The van der Waals surface area contributed by atoms with E-state index in [0.717, 1.165) is 34.6 Å². The monoisotopic (exact) mass is 447 g/mol. The van der Waals surface area contributed by atoms with E-state index in [9.17, 15) is 30.4 Å². The molecule has 0 heterocycles. The van der Waals surface area contributed by atoms with E-state index >= 15 is 0 Å². The van der Waals surface area contributed by atoms with Crippen molar-refractivity contribution in [1.82, 2.24) is 4.31 Å². The molecular weight excluding hydrogens is 428 g/mol. The Labute approximate surface area is 167 Å². The second kappa shape index (κ2) is 8.53. The van der Waals surface area contributed by atoms with Crippen LogP contribution >= 0.6 is 0 Å². The lowest BCUT2D eigenvalue weighted by Gasteiger charge is -2.19. The lowest BCUT2D eigenvalue weighted by molar-refractivity contribution is 0.102. The summed E-state index contributed by atoms with van der Waals surface area (Å²) in [5.74, 6) is -3.10. The summed E-state index contributed by atoms with van der Waals surface area (Å²) in [4.78, 5) is 11.5. The van der Waals surface area contributed by atoms with Gasteiger partial charge in [-0.05, 0) is 36.4 Å². The van der Waals surface area contributed by atoms with Crippen LogP contribution in [0.5, 0.6) is 0 Å². The van der Waals surface area contributed by atoms with E-state index in [1.807, 2.05) is 0 Å². The Balaban J connectivity index is 2.44. The highest BCUT2D eigenvalue weighted by atomic mass is 32.2. The van der Waals surface area contributed by atoms with Gasteiger partial charge in [0, 0.05) is 18.8 Å². The molecule has 12 heteroatoms. The molecule has 0 saturated carbocycles. The van der Waals surface area contributed by atoms with Crippen LogP contribution in [-0.2, 0) is 20.0 Å². The largest absolute Gasteiger partial charge is 0.322 e. The Bertz CT molecular complexity index is 1150. The number of nitrogens with one attached hydrogen (secondary N) is 1. The topological polar surface area (TPSA) is 127 Å². The van der Waals surface area contributed by atoms with Crippen molar-refractivity contribution < 1.29 is 30.4 Å². The molecule has 0 aliphatic rings. The van der Waals surface area contributed by atoms with Crippen molar-refractivity contribution in [3.8, 4) is 0 Å². The highest BCUT2D eigenvalue weighted by molar-refractivity contribution is 7.89. The van der Waals surface area contributed by atoms with Gasteiger partial charge >= 0.3 is 0 Å². The molecule has 0 unspecified atom stereocenters. The van der Waals surface area contributed by atoms with Crippen LogP contribution < -0.4 is 10.5 Å². The zero-order valence-electron chi connectivity index (χ0n) is 15.5. The van der Waals surface area contributed by atoms with Gasteiger partial charge in [0.05, 0.1) is 15.4 Å². The first kappa shape index (κ1) is 22.9. The number of primary sulfonamides is 1. The maximum absolute atomic E-state index is 14.2. The molecule has 2 rings (SSSR count). The lowest BCUT2D eigenvalue weighted by Crippen LogP contribution is -2.31. The maximum atomic E-state index is 14.2. The van der Waals surface area contributed by atoms with Gasteiger partial charge in [0.15, 0.2) is 0 Å². The fourth-order valence-electron chi connectivity index (χ4n) is 2.55. The number of carbonyl (C=O) groups is 1. The number of anilines is 1. The standard InChI is InChI=1S/C17H19F2N3O5S2/c1-3-22(4-2)29(26,27)13-5-6-16(19)15(10-13)17(23)21-12-7-11(18)8-14(9-12)28(20,24)25/h5-10H,3-4H2,1-2H3,(H,21,23)(H2,20,24,25). The third-order valence-corrected chi connectivity index (χ3v) is 6.92. The Morgan fingerprint density at radius 1 is 1.00 bits per heavy atom. The zero-order valence-corrected chi connectivity index (χ0v) is 17.1. The quantitative estimate of drug-likeness (QED) is 0.670. The summed E-state index contributed by atoms with van der Waals surface area (Å²) in [6, 6.07) is 5.07. The molecule has 3 N–H and O–H groups in total. The second-order valence-corrected chi connectivity index (χ2v) is 9.41. The second-order valence-electron chi connectivity index (χ2n) is 5.91. The van der Waals surface area contributed by atoms with E-state index < -0.39 is 48.0 Å². The Morgan fingerprint density at radius 2 is 1.62 bits per heavy atom. The fraction of sp³-hybridized carbons (Fsp3) is 0.235. The van der Waals surface area contributed by atoms with E-state index in [1.165, 1.54) is 0 Å². The average molecular weight is 447 g/mol. The summed E-state index contributed by atoms with van der Waals surface area (Å²) >= 11 is 0. The third-order valence-electron chi connectivity index (χ3n) is 3.98. The molecule has 0 saturated heterocycles. The number of nitrogens with two attached hydrogens (primary N) is 1. The van der Waals surface area contributed by atoms with E-state index in [-0.39, 0.29) is 23.7 Å². The maximum Gasteiger partial charge on any atom is 0.258 e. The van der Waals surface area contributed by atoms with Gasteiger partial charge in [-0.1, -0.05) is 13.8 Å². The summed E-state index contributed by atoms with van der Waals surface area (Å²) in [5, 5.41) is 7.09. The van der Waals surface area contributed by atoms with Crippen molar-refractivity contribution in [1.29, 1.82) is 0 Å². The molecule has 29 heavy (non-hydrogen) atoms. The fourth-order valence-corrected chi connectivity index (χ4v) is 4.60. The van der Waals surface area contributed by atoms with Crippen LogP contribution in [0.2, 0.25) is 0 Å². The van der Waals surface area contributed by atoms with Crippen LogP contribution in [0.3, 0.4) is 0 Å². The first-order valence-corrected chi connectivity index (χ1v) is 11.3. The molecular formula is C17H19F2N3O5S2. The highest BCUT2D eigenvalue weighted by Gasteiger charge is 2.24. The van der Waals surface area contributed by atoms with Crippen LogP contribution in [0.15, 0.2) is 46.2 Å². The van der Waals surface area contributed by atoms with Gasteiger partial charge in [-0.15, -0.1) is 0 Å². The molecule has 0 radical (unpaired) electrons. The molecule has 0 aliphatic carbocycles. The van der Waals surface area contributed by atoms with Gasteiger partial charge < -0.3 is 5.32 Å². The Kier molecular flexibility index (Phi) is 6.73. The molecule has 0 aromatic heterocycles. The van der Waals surface area contributed by atoms with Crippen LogP contribution in [0.4, 0.5) is 14.5 Å². The average Bonchev–Trinajstić information content (AvgIpc) is 2.61. The summed E-state index contributed by atoms with van der Waals surface area (Å²) in [6.45, 7) is 3.62. The van der Waals surface area contributed by atoms with Crippen molar-refractivity contribution in [2.75, 3.05) is 18.4 Å². The first-order valence-electron chi connectivity index (χ1n) is 8.34. The lowest BCUT2D eigenvalue weighted by atomic mass is 10.2.